The van der Waals surface area contributed by atoms with Crippen molar-refractivity contribution in [2.45, 2.75) is 32.6 Å². The molecule has 118 valence electrons. The standard InChI is InChI=1S/C17H27NO3/c1-13(2)11-21-10-9-17(12-18,16(19)20-4)15-8-6-5-7-14(15)3/h5-8,13H,9-12,18H2,1-4H3. The van der Waals surface area contributed by atoms with Crippen LogP contribution in [-0.4, -0.2) is 32.8 Å². The number of hydrogen-bond acceptors (Lipinski definition) is 4. The number of esters is 1. The molecule has 0 spiro atoms. The lowest BCUT2D eigenvalue weighted by Gasteiger charge is -2.31. The van der Waals surface area contributed by atoms with Crippen LogP contribution in [0.25, 0.3) is 0 Å². The van der Waals surface area contributed by atoms with Crippen LogP contribution >= 0.6 is 0 Å². The first-order chi connectivity index (χ1) is 9.97. The number of rotatable bonds is 8. The number of ether oxygens (including phenoxy) is 2. The maximum atomic E-state index is 12.4. The lowest BCUT2D eigenvalue weighted by molar-refractivity contribution is -0.148. The first-order valence-electron chi connectivity index (χ1n) is 7.40. The molecule has 0 aliphatic rings. The van der Waals surface area contributed by atoms with Gasteiger partial charge in [0.05, 0.1) is 7.11 Å². The van der Waals surface area contributed by atoms with Crippen molar-refractivity contribution in [2.24, 2.45) is 11.7 Å². The van der Waals surface area contributed by atoms with E-state index in [1.165, 1.54) is 7.11 Å². The van der Waals surface area contributed by atoms with Gasteiger partial charge in [0.1, 0.15) is 5.41 Å². The van der Waals surface area contributed by atoms with Crippen molar-refractivity contribution in [3.8, 4) is 0 Å². The first kappa shape index (κ1) is 17.7. The smallest absolute Gasteiger partial charge is 0.317 e. The molecule has 2 N–H and O–H groups in total. The van der Waals surface area contributed by atoms with Crippen LogP contribution in [-0.2, 0) is 19.7 Å². The summed E-state index contributed by atoms with van der Waals surface area (Å²) >= 11 is 0. The zero-order chi connectivity index (χ0) is 15.9. The van der Waals surface area contributed by atoms with Gasteiger partial charge < -0.3 is 15.2 Å². The van der Waals surface area contributed by atoms with Crippen molar-refractivity contribution in [1.82, 2.24) is 0 Å². The largest absolute Gasteiger partial charge is 0.468 e. The van der Waals surface area contributed by atoms with E-state index in [1.807, 2.05) is 31.2 Å². The van der Waals surface area contributed by atoms with Crippen molar-refractivity contribution in [2.75, 3.05) is 26.9 Å². The normalized spacial score (nSPS) is 14.0. The summed E-state index contributed by atoms with van der Waals surface area (Å²) in [6.07, 6.45) is 0.522. The van der Waals surface area contributed by atoms with Gasteiger partial charge in [-0.05, 0) is 30.4 Å². The first-order valence-corrected chi connectivity index (χ1v) is 7.40. The number of benzene rings is 1. The van der Waals surface area contributed by atoms with Crippen LogP contribution in [0.2, 0.25) is 0 Å². The SMILES string of the molecule is COC(=O)C(CN)(CCOCC(C)C)c1ccccc1C. The molecule has 0 fully saturated rings. The maximum Gasteiger partial charge on any atom is 0.317 e. The van der Waals surface area contributed by atoms with Gasteiger partial charge in [-0.15, -0.1) is 0 Å². The van der Waals surface area contributed by atoms with E-state index < -0.39 is 5.41 Å². The molecule has 0 radical (unpaired) electrons. The lowest BCUT2D eigenvalue weighted by Crippen LogP contribution is -2.45. The Morgan fingerprint density at radius 2 is 2.00 bits per heavy atom. The number of methoxy groups -OCH3 is 1. The van der Waals surface area contributed by atoms with Crippen LogP contribution in [0, 0.1) is 12.8 Å². The van der Waals surface area contributed by atoms with Crippen LogP contribution in [0.4, 0.5) is 0 Å². The second-order valence-corrected chi connectivity index (χ2v) is 5.81. The molecule has 4 heteroatoms. The van der Waals surface area contributed by atoms with Gasteiger partial charge in [0.2, 0.25) is 0 Å². The van der Waals surface area contributed by atoms with Crippen molar-refractivity contribution < 1.29 is 14.3 Å². The van der Waals surface area contributed by atoms with Gasteiger partial charge in [-0.1, -0.05) is 38.1 Å². The molecule has 0 aliphatic carbocycles. The van der Waals surface area contributed by atoms with E-state index >= 15 is 0 Å². The van der Waals surface area contributed by atoms with Gasteiger partial charge >= 0.3 is 5.97 Å². The quantitative estimate of drug-likeness (QED) is 0.590. The molecule has 0 aliphatic heterocycles. The Balaban J connectivity index is 3.00. The van der Waals surface area contributed by atoms with E-state index in [1.54, 1.807) is 0 Å². The number of nitrogens with two attached hydrogens (primary N) is 1. The third kappa shape index (κ3) is 4.29. The van der Waals surface area contributed by atoms with Gasteiger partial charge in [-0.25, -0.2) is 0 Å². The molecule has 1 aromatic rings. The Kier molecular flexibility index (Phi) is 6.85. The lowest BCUT2D eigenvalue weighted by atomic mass is 9.76. The summed E-state index contributed by atoms with van der Waals surface area (Å²) in [4.78, 5) is 12.4. The Morgan fingerprint density at radius 3 is 2.52 bits per heavy atom. The monoisotopic (exact) mass is 293 g/mol. The van der Waals surface area contributed by atoms with Gasteiger partial charge in [0, 0.05) is 19.8 Å². The molecule has 1 unspecified atom stereocenters. The summed E-state index contributed by atoms with van der Waals surface area (Å²) in [5.74, 6) is 0.168. The van der Waals surface area contributed by atoms with E-state index in [4.69, 9.17) is 15.2 Å². The molecule has 1 atom stereocenters. The number of hydrogen-bond donors (Lipinski definition) is 1. The molecular formula is C17H27NO3. The van der Waals surface area contributed by atoms with Crippen LogP contribution in [0.15, 0.2) is 24.3 Å². The molecule has 0 bridgehead atoms. The van der Waals surface area contributed by atoms with E-state index in [0.29, 0.717) is 25.6 Å². The minimum Gasteiger partial charge on any atom is -0.468 e. The minimum atomic E-state index is -0.836. The summed E-state index contributed by atoms with van der Waals surface area (Å²) in [5.41, 5.74) is 7.10. The molecule has 1 aromatic carbocycles. The molecule has 0 heterocycles. The van der Waals surface area contributed by atoms with Crippen molar-refractivity contribution >= 4 is 5.97 Å². The highest BCUT2D eigenvalue weighted by molar-refractivity contribution is 5.84. The van der Waals surface area contributed by atoms with Crippen LogP contribution in [0.1, 0.15) is 31.4 Å². The summed E-state index contributed by atoms with van der Waals surface area (Å²) in [7, 11) is 1.40. The summed E-state index contributed by atoms with van der Waals surface area (Å²) in [6.45, 7) is 7.54. The third-order valence-corrected chi connectivity index (χ3v) is 3.71. The molecule has 0 aromatic heterocycles. The summed E-state index contributed by atoms with van der Waals surface area (Å²) in [5, 5.41) is 0. The average Bonchev–Trinajstić information content (AvgIpc) is 2.48. The highest BCUT2D eigenvalue weighted by Crippen LogP contribution is 2.31. The number of aryl methyl sites for hydroxylation is 1. The summed E-state index contributed by atoms with van der Waals surface area (Å²) in [6, 6.07) is 7.80. The second kappa shape index (κ2) is 8.15. The van der Waals surface area contributed by atoms with Gasteiger partial charge in [0.25, 0.3) is 0 Å². The Morgan fingerprint density at radius 1 is 1.33 bits per heavy atom. The van der Waals surface area contributed by atoms with Crippen molar-refractivity contribution in [1.29, 1.82) is 0 Å². The maximum absolute atomic E-state index is 12.4. The van der Waals surface area contributed by atoms with Crippen LogP contribution in [0.3, 0.4) is 0 Å². The number of carbonyl (C=O) groups excluding carboxylic acids is 1. The van der Waals surface area contributed by atoms with Gasteiger partial charge in [0.15, 0.2) is 0 Å². The van der Waals surface area contributed by atoms with E-state index in [9.17, 15) is 4.79 Å². The zero-order valence-corrected chi connectivity index (χ0v) is 13.5. The van der Waals surface area contributed by atoms with E-state index in [0.717, 1.165) is 11.1 Å². The Labute approximate surface area is 127 Å². The van der Waals surface area contributed by atoms with Crippen LogP contribution in [0.5, 0.6) is 0 Å². The van der Waals surface area contributed by atoms with Crippen molar-refractivity contribution in [3.05, 3.63) is 35.4 Å². The Bertz CT molecular complexity index is 459. The zero-order valence-electron chi connectivity index (χ0n) is 13.5. The molecule has 0 saturated heterocycles. The minimum absolute atomic E-state index is 0.204. The molecule has 0 saturated carbocycles. The average molecular weight is 293 g/mol. The summed E-state index contributed by atoms with van der Waals surface area (Å²) < 4.78 is 10.7. The fourth-order valence-corrected chi connectivity index (χ4v) is 2.51. The predicted molar refractivity (Wildman–Crippen MR) is 84.2 cm³/mol. The predicted octanol–water partition coefficient (Wildman–Crippen LogP) is 2.43. The highest BCUT2D eigenvalue weighted by Gasteiger charge is 2.40. The third-order valence-electron chi connectivity index (χ3n) is 3.71. The van der Waals surface area contributed by atoms with E-state index in [2.05, 4.69) is 13.8 Å². The van der Waals surface area contributed by atoms with Crippen LogP contribution < -0.4 is 5.73 Å². The topological polar surface area (TPSA) is 61.5 Å². The van der Waals surface area contributed by atoms with Gasteiger partial charge in [-0.2, -0.15) is 0 Å². The molecular weight excluding hydrogens is 266 g/mol. The second-order valence-electron chi connectivity index (χ2n) is 5.81. The molecule has 21 heavy (non-hydrogen) atoms. The molecule has 1 rings (SSSR count). The van der Waals surface area contributed by atoms with E-state index in [-0.39, 0.29) is 12.5 Å². The number of carbonyl (C=O) groups is 1. The fraction of sp³-hybridized carbons (Fsp3) is 0.588. The molecule has 4 nitrogen and oxygen atoms in total. The van der Waals surface area contributed by atoms with Crippen molar-refractivity contribution in [3.63, 3.8) is 0 Å². The Hall–Kier alpha value is -1.39. The molecule has 0 amide bonds. The highest BCUT2D eigenvalue weighted by atomic mass is 16.5. The van der Waals surface area contributed by atoms with Gasteiger partial charge in [-0.3, -0.25) is 4.79 Å². The fourth-order valence-electron chi connectivity index (χ4n) is 2.51.